The fourth-order valence-electron chi connectivity index (χ4n) is 1.95. The van der Waals surface area contributed by atoms with Crippen LogP contribution in [0.2, 0.25) is 0 Å². The molecule has 80 valence electrons. The minimum Gasteiger partial charge on any atom is -0.398 e. The third-order valence-electron chi connectivity index (χ3n) is 2.79. The zero-order chi connectivity index (χ0) is 11.1. The van der Waals surface area contributed by atoms with Gasteiger partial charge in [-0.3, -0.25) is 0 Å². The summed E-state index contributed by atoms with van der Waals surface area (Å²) in [5.74, 6) is 0. The monoisotopic (exact) mass is 291 g/mol. The molecule has 0 atom stereocenters. The lowest BCUT2D eigenvalue weighted by atomic mass is 10.0. The average molecular weight is 292 g/mol. The molecule has 0 amide bonds. The molecule has 1 nitrogen and oxygen atoms in total. The van der Waals surface area contributed by atoms with Crippen LogP contribution in [0.3, 0.4) is 0 Å². The Labute approximate surface area is 107 Å². The Balaban J connectivity index is 2.13. The standard InChI is InChI=1S/C13H10BrNS/c14-9-5-4-8-6-10-11(15)2-1-3-12(10)16-13(8)7-9/h1-5,7H,6,15H2. The molecule has 1 aliphatic heterocycles. The second-order valence-corrected chi connectivity index (χ2v) is 5.85. The van der Waals surface area contributed by atoms with Crippen molar-refractivity contribution in [2.45, 2.75) is 16.2 Å². The molecule has 1 heterocycles. The Morgan fingerprint density at radius 3 is 2.88 bits per heavy atom. The van der Waals surface area contributed by atoms with Gasteiger partial charge in [0.15, 0.2) is 0 Å². The van der Waals surface area contributed by atoms with E-state index >= 15 is 0 Å². The first-order valence-electron chi connectivity index (χ1n) is 5.08. The maximum absolute atomic E-state index is 6.01. The van der Waals surface area contributed by atoms with Crippen LogP contribution in [0.4, 0.5) is 5.69 Å². The number of fused-ring (bicyclic) bond motifs is 2. The summed E-state index contributed by atoms with van der Waals surface area (Å²) >= 11 is 5.31. The van der Waals surface area contributed by atoms with Gasteiger partial charge in [-0.1, -0.05) is 39.8 Å². The Bertz CT molecular complexity index is 566. The summed E-state index contributed by atoms with van der Waals surface area (Å²) in [6, 6.07) is 12.6. The van der Waals surface area contributed by atoms with Crippen molar-refractivity contribution in [2.75, 3.05) is 5.73 Å². The molecule has 0 fully saturated rings. The minimum absolute atomic E-state index is 0.901. The molecule has 16 heavy (non-hydrogen) atoms. The number of halogens is 1. The fraction of sp³-hybridized carbons (Fsp3) is 0.0769. The second kappa shape index (κ2) is 3.82. The molecule has 0 aromatic heterocycles. The first-order valence-corrected chi connectivity index (χ1v) is 6.68. The average Bonchev–Trinajstić information content (AvgIpc) is 2.27. The van der Waals surface area contributed by atoms with Crippen LogP contribution < -0.4 is 5.73 Å². The lowest BCUT2D eigenvalue weighted by Gasteiger charge is -2.20. The summed E-state index contributed by atoms with van der Waals surface area (Å²) in [6.45, 7) is 0. The van der Waals surface area contributed by atoms with Crippen LogP contribution in [0, 0.1) is 0 Å². The number of hydrogen-bond acceptors (Lipinski definition) is 2. The van der Waals surface area contributed by atoms with Crippen LogP contribution in [0.1, 0.15) is 11.1 Å². The molecule has 0 radical (unpaired) electrons. The van der Waals surface area contributed by atoms with Gasteiger partial charge in [-0.2, -0.15) is 0 Å². The molecule has 0 bridgehead atoms. The highest BCUT2D eigenvalue weighted by Gasteiger charge is 2.17. The van der Waals surface area contributed by atoms with Crippen LogP contribution in [0.5, 0.6) is 0 Å². The van der Waals surface area contributed by atoms with Crippen LogP contribution in [0.15, 0.2) is 50.7 Å². The lowest BCUT2D eigenvalue weighted by molar-refractivity contribution is 1.06. The van der Waals surface area contributed by atoms with Gasteiger partial charge in [0.2, 0.25) is 0 Å². The molecule has 3 heteroatoms. The van der Waals surface area contributed by atoms with Crippen molar-refractivity contribution in [1.29, 1.82) is 0 Å². The Morgan fingerprint density at radius 1 is 1.12 bits per heavy atom. The van der Waals surface area contributed by atoms with E-state index in [-0.39, 0.29) is 0 Å². The van der Waals surface area contributed by atoms with E-state index in [1.807, 2.05) is 12.1 Å². The summed E-state index contributed by atoms with van der Waals surface area (Å²) in [7, 11) is 0. The third kappa shape index (κ3) is 1.64. The van der Waals surface area contributed by atoms with Crippen molar-refractivity contribution in [3.8, 4) is 0 Å². The quantitative estimate of drug-likeness (QED) is 0.632. The maximum Gasteiger partial charge on any atom is 0.0361 e. The zero-order valence-corrected chi connectivity index (χ0v) is 10.9. The largest absolute Gasteiger partial charge is 0.398 e. The molecule has 2 aromatic carbocycles. The number of hydrogen-bond donors (Lipinski definition) is 1. The lowest BCUT2D eigenvalue weighted by Crippen LogP contribution is -2.03. The third-order valence-corrected chi connectivity index (χ3v) is 4.48. The zero-order valence-electron chi connectivity index (χ0n) is 8.53. The first kappa shape index (κ1) is 10.2. The van der Waals surface area contributed by atoms with Gasteiger partial charge in [-0.25, -0.2) is 0 Å². The number of nitrogen functional groups attached to an aromatic ring is 1. The second-order valence-electron chi connectivity index (χ2n) is 3.85. The van der Waals surface area contributed by atoms with E-state index < -0.39 is 0 Å². The van der Waals surface area contributed by atoms with E-state index in [9.17, 15) is 0 Å². The highest BCUT2D eigenvalue weighted by Crippen LogP contribution is 2.42. The number of nitrogens with two attached hydrogens (primary N) is 1. The van der Waals surface area contributed by atoms with Crippen molar-refractivity contribution < 1.29 is 0 Å². The van der Waals surface area contributed by atoms with Gasteiger partial charge in [-0.05, 0) is 35.4 Å². The van der Waals surface area contributed by atoms with Crippen LogP contribution >= 0.6 is 27.7 Å². The van der Waals surface area contributed by atoms with E-state index in [1.165, 1.54) is 20.9 Å². The van der Waals surface area contributed by atoms with Gasteiger partial charge in [0.1, 0.15) is 0 Å². The molecule has 0 saturated carbocycles. The van der Waals surface area contributed by atoms with E-state index in [1.54, 1.807) is 11.8 Å². The molecule has 0 spiro atoms. The first-order chi connectivity index (χ1) is 7.74. The Hall–Kier alpha value is -0.930. The summed E-state index contributed by atoms with van der Waals surface area (Å²) in [4.78, 5) is 2.61. The van der Waals surface area contributed by atoms with Crippen molar-refractivity contribution in [1.82, 2.24) is 0 Å². The maximum atomic E-state index is 6.01. The summed E-state index contributed by atoms with van der Waals surface area (Å²) < 4.78 is 1.13. The summed E-state index contributed by atoms with van der Waals surface area (Å²) in [5, 5.41) is 0. The van der Waals surface area contributed by atoms with Crippen molar-refractivity contribution >= 4 is 33.4 Å². The number of benzene rings is 2. The SMILES string of the molecule is Nc1cccc2c1Cc1ccc(Br)cc1S2. The number of rotatable bonds is 0. The van der Waals surface area contributed by atoms with Gasteiger partial charge in [0.25, 0.3) is 0 Å². The predicted molar refractivity (Wildman–Crippen MR) is 71.9 cm³/mol. The van der Waals surface area contributed by atoms with Crippen LogP contribution in [-0.4, -0.2) is 0 Å². The normalized spacial score (nSPS) is 13.1. The van der Waals surface area contributed by atoms with Gasteiger partial charge < -0.3 is 5.73 Å². The summed E-state index contributed by atoms with van der Waals surface area (Å²) in [6.07, 6.45) is 0.942. The van der Waals surface area contributed by atoms with E-state index in [0.717, 1.165) is 16.6 Å². The van der Waals surface area contributed by atoms with E-state index in [2.05, 4.69) is 40.2 Å². The fourth-order valence-corrected chi connectivity index (χ4v) is 3.61. The molecule has 0 saturated heterocycles. The van der Waals surface area contributed by atoms with Gasteiger partial charge >= 0.3 is 0 Å². The van der Waals surface area contributed by atoms with Gasteiger partial charge in [-0.15, -0.1) is 0 Å². The molecule has 2 aromatic rings. The highest BCUT2D eigenvalue weighted by atomic mass is 79.9. The molecule has 3 rings (SSSR count). The highest BCUT2D eigenvalue weighted by molar-refractivity contribution is 9.10. The van der Waals surface area contributed by atoms with Crippen molar-refractivity contribution in [3.63, 3.8) is 0 Å². The molecular weight excluding hydrogens is 282 g/mol. The Kier molecular flexibility index (Phi) is 2.45. The van der Waals surface area contributed by atoms with Gasteiger partial charge in [0.05, 0.1) is 0 Å². The van der Waals surface area contributed by atoms with E-state index in [4.69, 9.17) is 5.73 Å². The summed E-state index contributed by atoms with van der Waals surface area (Å²) in [5.41, 5.74) is 9.53. The topological polar surface area (TPSA) is 26.0 Å². The van der Waals surface area contributed by atoms with Crippen LogP contribution in [0.25, 0.3) is 0 Å². The predicted octanol–water partition coefficient (Wildman–Crippen LogP) is 4.09. The molecule has 0 unspecified atom stereocenters. The van der Waals surface area contributed by atoms with Crippen molar-refractivity contribution in [3.05, 3.63) is 52.0 Å². The molecule has 2 N–H and O–H groups in total. The van der Waals surface area contributed by atoms with E-state index in [0.29, 0.717) is 0 Å². The smallest absolute Gasteiger partial charge is 0.0361 e. The number of anilines is 1. The molecule has 0 aliphatic carbocycles. The van der Waals surface area contributed by atoms with Crippen molar-refractivity contribution in [2.24, 2.45) is 0 Å². The van der Waals surface area contributed by atoms with Crippen LogP contribution in [-0.2, 0) is 6.42 Å². The molecule has 1 aliphatic rings. The van der Waals surface area contributed by atoms with Gasteiger partial charge in [0, 0.05) is 26.4 Å². The minimum atomic E-state index is 0.901. The molecular formula is C13H10BrNS. The Morgan fingerprint density at radius 2 is 2.00 bits per heavy atom.